The van der Waals surface area contributed by atoms with Gasteiger partial charge in [0.05, 0.1) is 25.3 Å². The number of carbonyl (C=O) groups is 1. The minimum Gasteiger partial charge on any atom is -0.469 e. The molecule has 1 unspecified atom stereocenters. The molecule has 0 spiro atoms. The molecule has 0 saturated carbocycles. The number of hydrogen-bond donors (Lipinski definition) is 0. The van der Waals surface area contributed by atoms with Crippen LogP contribution in [0.2, 0.25) is 5.02 Å². The van der Waals surface area contributed by atoms with Gasteiger partial charge in [-0.3, -0.25) is 14.7 Å². The van der Waals surface area contributed by atoms with Crippen molar-refractivity contribution in [3.05, 3.63) is 28.5 Å². The standard InChI is InChI=1S/C12H15ClN2O2/c1-15-6-4-8-9(13)3-5-14-12(8)10(15)7-11(16)17-2/h3,5,10H,4,6-7H2,1-2H3. The van der Waals surface area contributed by atoms with Crippen molar-refractivity contribution in [3.8, 4) is 0 Å². The summed E-state index contributed by atoms with van der Waals surface area (Å²) in [5.74, 6) is -0.225. The Morgan fingerprint density at radius 2 is 2.47 bits per heavy atom. The molecule has 0 saturated heterocycles. The molecule has 1 atom stereocenters. The first-order chi connectivity index (χ1) is 8.13. The highest BCUT2D eigenvalue weighted by atomic mass is 35.5. The van der Waals surface area contributed by atoms with Crippen LogP contribution < -0.4 is 0 Å². The van der Waals surface area contributed by atoms with Gasteiger partial charge in [0.15, 0.2) is 0 Å². The Kier molecular flexibility index (Phi) is 3.64. The highest BCUT2D eigenvalue weighted by Gasteiger charge is 2.29. The second-order valence-electron chi connectivity index (χ2n) is 4.18. The van der Waals surface area contributed by atoms with Crippen LogP contribution in [0, 0.1) is 0 Å². The van der Waals surface area contributed by atoms with Gasteiger partial charge in [0.2, 0.25) is 0 Å². The Balaban J connectivity index is 2.33. The fraction of sp³-hybridized carbons (Fsp3) is 0.500. The number of rotatable bonds is 2. The fourth-order valence-corrected chi connectivity index (χ4v) is 2.41. The average Bonchev–Trinajstić information content (AvgIpc) is 2.33. The van der Waals surface area contributed by atoms with E-state index in [4.69, 9.17) is 16.3 Å². The molecule has 0 aliphatic carbocycles. The molecule has 4 nitrogen and oxygen atoms in total. The van der Waals surface area contributed by atoms with E-state index in [9.17, 15) is 4.79 Å². The molecule has 2 rings (SSSR count). The van der Waals surface area contributed by atoms with Crippen LogP contribution in [0.1, 0.15) is 23.7 Å². The van der Waals surface area contributed by atoms with Crippen molar-refractivity contribution < 1.29 is 9.53 Å². The smallest absolute Gasteiger partial charge is 0.307 e. The second kappa shape index (κ2) is 5.02. The van der Waals surface area contributed by atoms with Crippen LogP contribution in [0.15, 0.2) is 12.3 Å². The lowest BCUT2D eigenvalue weighted by molar-refractivity contribution is -0.142. The van der Waals surface area contributed by atoms with Crippen LogP contribution in [-0.2, 0) is 16.0 Å². The number of halogens is 1. The molecule has 0 aromatic carbocycles. The zero-order valence-electron chi connectivity index (χ0n) is 9.94. The van der Waals surface area contributed by atoms with Gasteiger partial charge in [0.1, 0.15) is 0 Å². The summed E-state index contributed by atoms with van der Waals surface area (Å²) in [6.07, 6.45) is 2.87. The number of nitrogens with zero attached hydrogens (tertiary/aromatic N) is 2. The maximum Gasteiger partial charge on any atom is 0.307 e. The fourth-order valence-electron chi connectivity index (χ4n) is 2.16. The molecule has 1 aromatic heterocycles. The molecule has 0 radical (unpaired) electrons. The average molecular weight is 255 g/mol. The molecular formula is C12H15ClN2O2. The molecule has 1 aromatic rings. The van der Waals surface area contributed by atoms with E-state index in [1.807, 2.05) is 7.05 Å². The number of fused-ring (bicyclic) bond motifs is 1. The Hall–Kier alpha value is -1.13. The minimum atomic E-state index is -0.225. The van der Waals surface area contributed by atoms with Gasteiger partial charge in [-0.25, -0.2) is 0 Å². The predicted octanol–water partition coefficient (Wildman–Crippen LogP) is 1.83. The third-order valence-corrected chi connectivity index (χ3v) is 3.54. The van der Waals surface area contributed by atoms with Crippen molar-refractivity contribution in [2.24, 2.45) is 0 Å². The lowest BCUT2D eigenvalue weighted by Crippen LogP contribution is -2.34. The summed E-state index contributed by atoms with van der Waals surface area (Å²) in [7, 11) is 3.39. The van der Waals surface area contributed by atoms with Gasteiger partial charge in [-0.15, -0.1) is 0 Å². The Morgan fingerprint density at radius 1 is 1.71 bits per heavy atom. The predicted molar refractivity (Wildman–Crippen MR) is 65.0 cm³/mol. The normalized spacial score (nSPS) is 19.8. The summed E-state index contributed by atoms with van der Waals surface area (Å²) in [5, 5.41) is 0.734. The third-order valence-electron chi connectivity index (χ3n) is 3.18. The molecule has 1 aliphatic heterocycles. The third kappa shape index (κ3) is 2.42. The Morgan fingerprint density at radius 3 is 3.18 bits per heavy atom. The molecule has 5 heteroatoms. The molecule has 0 fully saturated rings. The van der Waals surface area contributed by atoms with Crippen molar-refractivity contribution in [1.29, 1.82) is 0 Å². The highest BCUT2D eigenvalue weighted by molar-refractivity contribution is 6.31. The second-order valence-corrected chi connectivity index (χ2v) is 4.59. The van der Waals surface area contributed by atoms with Crippen LogP contribution in [0.25, 0.3) is 0 Å². The van der Waals surface area contributed by atoms with Gasteiger partial charge in [0.25, 0.3) is 0 Å². The number of likely N-dealkylation sites (N-methyl/N-ethyl adjacent to an activating group) is 1. The van der Waals surface area contributed by atoms with Crippen LogP contribution in [0.4, 0.5) is 0 Å². The molecule has 0 amide bonds. The van der Waals surface area contributed by atoms with E-state index in [1.165, 1.54) is 7.11 Å². The highest BCUT2D eigenvalue weighted by Crippen LogP contribution is 2.33. The van der Waals surface area contributed by atoms with Crippen molar-refractivity contribution >= 4 is 17.6 Å². The van der Waals surface area contributed by atoms with Crippen molar-refractivity contribution in [2.45, 2.75) is 18.9 Å². The van der Waals surface area contributed by atoms with Gasteiger partial charge in [0, 0.05) is 17.8 Å². The quantitative estimate of drug-likeness (QED) is 0.755. The summed E-state index contributed by atoms with van der Waals surface area (Å²) in [6, 6.07) is 1.76. The monoisotopic (exact) mass is 254 g/mol. The Bertz CT molecular complexity index is 437. The van der Waals surface area contributed by atoms with E-state index in [0.29, 0.717) is 6.42 Å². The molecule has 0 bridgehead atoms. The van der Waals surface area contributed by atoms with Gasteiger partial charge in [-0.05, 0) is 25.1 Å². The summed E-state index contributed by atoms with van der Waals surface area (Å²) in [6.45, 7) is 0.875. The zero-order chi connectivity index (χ0) is 12.4. The van der Waals surface area contributed by atoms with Crippen molar-refractivity contribution in [3.63, 3.8) is 0 Å². The molecule has 92 valence electrons. The van der Waals surface area contributed by atoms with E-state index in [0.717, 1.165) is 29.2 Å². The summed E-state index contributed by atoms with van der Waals surface area (Å²) >= 11 is 6.15. The van der Waals surface area contributed by atoms with Gasteiger partial charge in [-0.2, -0.15) is 0 Å². The van der Waals surface area contributed by atoms with Crippen LogP contribution in [-0.4, -0.2) is 36.6 Å². The number of ether oxygens (including phenoxy) is 1. The number of pyridine rings is 1. The maximum absolute atomic E-state index is 11.4. The van der Waals surface area contributed by atoms with Crippen LogP contribution in [0.5, 0.6) is 0 Å². The van der Waals surface area contributed by atoms with Crippen LogP contribution >= 0.6 is 11.6 Å². The molecule has 1 aliphatic rings. The summed E-state index contributed by atoms with van der Waals surface area (Å²) in [4.78, 5) is 17.9. The first-order valence-corrected chi connectivity index (χ1v) is 5.91. The molecule has 0 N–H and O–H groups in total. The topological polar surface area (TPSA) is 42.4 Å². The first-order valence-electron chi connectivity index (χ1n) is 5.53. The number of carbonyl (C=O) groups excluding carboxylic acids is 1. The van der Waals surface area contributed by atoms with Crippen LogP contribution in [0.3, 0.4) is 0 Å². The molecular weight excluding hydrogens is 240 g/mol. The first kappa shape index (κ1) is 12.3. The molecule has 2 heterocycles. The summed E-state index contributed by atoms with van der Waals surface area (Å²) in [5.41, 5.74) is 1.96. The van der Waals surface area contributed by atoms with Crippen molar-refractivity contribution in [2.75, 3.05) is 20.7 Å². The SMILES string of the molecule is COC(=O)CC1c2nccc(Cl)c2CCN1C. The number of aromatic nitrogens is 1. The van der Waals surface area contributed by atoms with E-state index in [2.05, 4.69) is 9.88 Å². The zero-order valence-corrected chi connectivity index (χ0v) is 10.7. The lowest BCUT2D eigenvalue weighted by Gasteiger charge is -2.33. The van der Waals surface area contributed by atoms with Gasteiger partial charge < -0.3 is 4.74 Å². The lowest BCUT2D eigenvalue weighted by atomic mass is 9.96. The van der Waals surface area contributed by atoms with E-state index in [1.54, 1.807) is 12.3 Å². The maximum atomic E-state index is 11.4. The van der Waals surface area contributed by atoms with E-state index >= 15 is 0 Å². The molecule has 17 heavy (non-hydrogen) atoms. The number of esters is 1. The largest absolute Gasteiger partial charge is 0.469 e. The van der Waals surface area contributed by atoms with Crippen molar-refractivity contribution in [1.82, 2.24) is 9.88 Å². The van der Waals surface area contributed by atoms with Gasteiger partial charge >= 0.3 is 5.97 Å². The number of methoxy groups -OCH3 is 1. The minimum absolute atomic E-state index is 0.0371. The Labute approximate surface area is 106 Å². The van der Waals surface area contributed by atoms with Gasteiger partial charge in [-0.1, -0.05) is 11.6 Å². The number of hydrogen-bond acceptors (Lipinski definition) is 4. The van der Waals surface area contributed by atoms with E-state index in [-0.39, 0.29) is 12.0 Å². The summed E-state index contributed by atoms with van der Waals surface area (Å²) < 4.78 is 4.72. The van der Waals surface area contributed by atoms with E-state index < -0.39 is 0 Å².